The van der Waals surface area contributed by atoms with Gasteiger partial charge >= 0.3 is 0 Å². The summed E-state index contributed by atoms with van der Waals surface area (Å²) in [6, 6.07) is 0. The van der Waals surface area contributed by atoms with Gasteiger partial charge in [0, 0.05) is 0 Å². The van der Waals surface area contributed by atoms with Gasteiger partial charge in [-0.2, -0.15) is 9.19 Å². The summed E-state index contributed by atoms with van der Waals surface area (Å²) < 4.78 is 23.3. The molecule has 1 rings (SSSR count). The Morgan fingerprint density at radius 3 is 2.58 bits per heavy atom. The fourth-order valence-electron chi connectivity index (χ4n) is 0.722. The fourth-order valence-corrected chi connectivity index (χ4v) is 1.51. The van der Waals surface area contributed by atoms with Gasteiger partial charge in [-0.25, -0.2) is 8.42 Å². The van der Waals surface area contributed by atoms with E-state index in [1.807, 2.05) is 0 Å². The summed E-state index contributed by atoms with van der Waals surface area (Å²) in [6.45, 7) is 3.22. The van der Waals surface area contributed by atoms with Gasteiger partial charge in [0.2, 0.25) is 0 Å². The van der Waals surface area contributed by atoms with Gasteiger partial charge in [-0.05, 0) is 13.8 Å². The Labute approximate surface area is 71.2 Å². The van der Waals surface area contributed by atoms with E-state index in [0.717, 1.165) is 4.09 Å². The molecule has 12 heavy (non-hydrogen) atoms. The molecule has 6 heteroatoms. The van der Waals surface area contributed by atoms with E-state index in [9.17, 15) is 8.42 Å². The largest absolute Gasteiger partial charge is 0.396 e. The highest BCUT2D eigenvalue weighted by Gasteiger charge is 2.12. The van der Waals surface area contributed by atoms with Crippen molar-refractivity contribution in [3.63, 3.8) is 0 Å². The SMILES string of the molecule is CCS(=O)(=O)n1cc(N)c(C)n1. The van der Waals surface area contributed by atoms with Crippen LogP contribution in [0.4, 0.5) is 5.69 Å². The van der Waals surface area contributed by atoms with Crippen LogP contribution in [0.2, 0.25) is 0 Å². The van der Waals surface area contributed by atoms with Crippen LogP contribution in [0.15, 0.2) is 6.20 Å². The molecule has 1 aromatic heterocycles. The molecular formula is C6H11N3O2S. The number of anilines is 1. The Morgan fingerprint density at radius 1 is 1.67 bits per heavy atom. The quantitative estimate of drug-likeness (QED) is 0.708. The molecule has 0 aliphatic heterocycles. The molecular weight excluding hydrogens is 178 g/mol. The molecule has 1 heterocycles. The van der Waals surface area contributed by atoms with E-state index in [-0.39, 0.29) is 5.75 Å². The minimum Gasteiger partial charge on any atom is -0.396 e. The average molecular weight is 189 g/mol. The lowest BCUT2D eigenvalue weighted by molar-refractivity contribution is 0.581. The first-order valence-electron chi connectivity index (χ1n) is 3.52. The van der Waals surface area contributed by atoms with Crippen molar-refractivity contribution in [2.45, 2.75) is 13.8 Å². The summed E-state index contributed by atoms with van der Waals surface area (Å²) in [5, 5.41) is 3.76. The van der Waals surface area contributed by atoms with Crippen molar-refractivity contribution in [3.05, 3.63) is 11.9 Å². The normalized spacial score (nSPS) is 11.8. The number of aryl methyl sites for hydroxylation is 1. The summed E-state index contributed by atoms with van der Waals surface area (Å²) in [6.07, 6.45) is 1.31. The molecule has 1 aromatic rings. The lowest BCUT2D eigenvalue weighted by atomic mass is 10.4. The van der Waals surface area contributed by atoms with Gasteiger partial charge in [0.25, 0.3) is 10.0 Å². The molecule has 0 aliphatic rings. The van der Waals surface area contributed by atoms with Crippen LogP contribution in [-0.2, 0) is 10.0 Å². The summed E-state index contributed by atoms with van der Waals surface area (Å²) in [5.74, 6) is 0.0214. The predicted octanol–water partition coefficient (Wildman–Crippen LogP) is -0.0285. The summed E-state index contributed by atoms with van der Waals surface area (Å²) >= 11 is 0. The van der Waals surface area contributed by atoms with Crippen molar-refractivity contribution in [1.82, 2.24) is 9.19 Å². The molecule has 0 spiro atoms. The highest BCUT2D eigenvalue weighted by Crippen LogP contribution is 2.08. The van der Waals surface area contributed by atoms with Gasteiger partial charge in [0.05, 0.1) is 23.3 Å². The second-order valence-corrected chi connectivity index (χ2v) is 4.56. The lowest BCUT2D eigenvalue weighted by Gasteiger charge is -1.97. The molecule has 0 radical (unpaired) electrons. The molecule has 0 atom stereocenters. The Balaban J connectivity index is 3.22. The van der Waals surface area contributed by atoms with E-state index in [1.165, 1.54) is 6.20 Å². The number of nitrogens with two attached hydrogens (primary N) is 1. The van der Waals surface area contributed by atoms with Crippen molar-refractivity contribution >= 4 is 15.7 Å². The Morgan fingerprint density at radius 2 is 2.25 bits per heavy atom. The van der Waals surface area contributed by atoms with E-state index in [0.29, 0.717) is 11.4 Å². The first-order valence-corrected chi connectivity index (χ1v) is 5.13. The van der Waals surface area contributed by atoms with Gasteiger partial charge in [-0.15, -0.1) is 0 Å². The van der Waals surface area contributed by atoms with Gasteiger partial charge in [0.15, 0.2) is 0 Å². The van der Waals surface area contributed by atoms with E-state index < -0.39 is 10.0 Å². The minimum absolute atomic E-state index is 0.0214. The maximum Gasteiger partial charge on any atom is 0.253 e. The minimum atomic E-state index is -3.27. The Hall–Kier alpha value is -1.04. The van der Waals surface area contributed by atoms with Gasteiger partial charge in [-0.3, -0.25) is 0 Å². The predicted molar refractivity (Wildman–Crippen MR) is 46.2 cm³/mol. The number of hydrogen-bond acceptors (Lipinski definition) is 4. The number of aromatic nitrogens is 2. The highest BCUT2D eigenvalue weighted by molar-refractivity contribution is 7.89. The van der Waals surface area contributed by atoms with Crippen molar-refractivity contribution in [3.8, 4) is 0 Å². The van der Waals surface area contributed by atoms with Crippen molar-refractivity contribution in [2.75, 3.05) is 11.5 Å². The highest BCUT2D eigenvalue weighted by atomic mass is 32.2. The molecule has 0 saturated heterocycles. The number of rotatable bonds is 2. The lowest BCUT2D eigenvalue weighted by Crippen LogP contribution is -2.15. The average Bonchev–Trinajstić information content (AvgIpc) is 2.33. The first kappa shape index (κ1) is 9.05. The van der Waals surface area contributed by atoms with Crippen LogP contribution in [0.1, 0.15) is 12.6 Å². The van der Waals surface area contributed by atoms with Crippen LogP contribution >= 0.6 is 0 Å². The van der Waals surface area contributed by atoms with E-state index in [2.05, 4.69) is 5.10 Å². The zero-order valence-electron chi connectivity index (χ0n) is 6.98. The van der Waals surface area contributed by atoms with Crippen LogP contribution in [0.25, 0.3) is 0 Å². The zero-order chi connectivity index (χ0) is 9.35. The third kappa shape index (κ3) is 1.42. The topological polar surface area (TPSA) is 78.0 Å². The molecule has 5 nitrogen and oxygen atoms in total. The van der Waals surface area contributed by atoms with Crippen LogP contribution in [0.5, 0.6) is 0 Å². The van der Waals surface area contributed by atoms with Crippen molar-refractivity contribution in [1.29, 1.82) is 0 Å². The third-order valence-corrected chi connectivity index (χ3v) is 3.05. The summed E-state index contributed by atoms with van der Waals surface area (Å²) in [7, 11) is -3.27. The van der Waals surface area contributed by atoms with E-state index >= 15 is 0 Å². The number of nitrogens with zero attached hydrogens (tertiary/aromatic N) is 2. The molecule has 0 aromatic carbocycles. The van der Waals surface area contributed by atoms with Gasteiger partial charge in [-0.1, -0.05) is 0 Å². The monoisotopic (exact) mass is 189 g/mol. The number of hydrogen-bond donors (Lipinski definition) is 1. The summed E-state index contributed by atoms with van der Waals surface area (Å²) in [5.41, 5.74) is 6.37. The Bertz CT molecular complexity index is 360. The molecule has 0 amide bonds. The van der Waals surface area contributed by atoms with Crippen LogP contribution in [-0.4, -0.2) is 23.4 Å². The van der Waals surface area contributed by atoms with Crippen LogP contribution in [0.3, 0.4) is 0 Å². The van der Waals surface area contributed by atoms with Gasteiger partial charge in [0.1, 0.15) is 0 Å². The smallest absolute Gasteiger partial charge is 0.253 e. The van der Waals surface area contributed by atoms with E-state index in [4.69, 9.17) is 5.73 Å². The second kappa shape index (κ2) is 2.78. The summed E-state index contributed by atoms with van der Waals surface area (Å²) in [4.78, 5) is 0. The van der Waals surface area contributed by atoms with Crippen molar-refractivity contribution in [2.24, 2.45) is 0 Å². The van der Waals surface area contributed by atoms with Crippen LogP contribution < -0.4 is 5.73 Å². The fraction of sp³-hybridized carbons (Fsp3) is 0.500. The molecule has 68 valence electrons. The second-order valence-electron chi connectivity index (χ2n) is 2.44. The zero-order valence-corrected chi connectivity index (χ0v) is 7.80. The molecule has 0 fully saturated rings. The third-order valence-electron chi connectivity index (χ3n) is 1.57. The van der Waals surface area contributed by atoms with Gasteiger partial charge < -0.3 is 5.73 Å². The molecule has 0 saturated carbocycles. The Kier molecular flexibility index (Phi) is 2.10. The standard InChI is InChI=1S/C6H11N3O2S/c1-3-12(10,11)9-4-6(7)5(2)8-9/h4H,3,7H2,1-2H3. The maximum absolute atomic E-state index is 11.2. The number of nitrogen functional groups attached to an aromatic ring is 1. The van der Waals surface area contributed by atoms with Crippen molar-refractivity contribution < 1.29 is 8.42 Å². The first-order chi connectivity index (χ1) is 5.47. The molecule has 0 aliphatic carbocycles. The maximum atomic E-state index is 11.2. The van der Waals surface area contributed by atoms with E-state index in [1.54, 1.807) is 13.8 Å². The van der Waals surface area contributed by atoms with Crippen LogP contribution in [0, 0.1) is 6.92 Å². The molecule has 2 N–H and O–H groups in total. The molecule has 0 unspecified atom stereocenters. The molecule has 0 bridgehead atoms.